The molecule has 0 fully saturated rings. The number of benzene rings is 4. The standard InChI is InChI=1S/C48H62N4O7SSi/c1-7-8-29-61(5,6)59-28-13-10-9-12-26-58-27-14-11-17-36-22-24-39(25-23-36)52(3)48(54)37-18-15-21-41(31-37)60(55,56)42-30-35(2)45-43(33-42)46(44(34-50-45)47(49)53)51-38-19-16-20-40(32-38)57-4/h15-16,18-25,30-34H,7-14,17,26-29H2,1-6H3,(H2,49,53)(H,50,51). The number of primary amides is 1. The summed E-state index contributed by atoms with van der Waals surface area (Å²) < 4.78 is 45.9. The zero-order valence-corrected chi connectivity index (χ0v) is 38.4. The van der Waals surface area contributed by atoms with Crippen molar-refractivity contribution in [2.45, 2.75) is 101 Å². The van der Waals surface area contributed by atoms with Gasteiger partial charge in [0.2, 0.25) is 9.84 Å². The summed E-state index contributed by atoms with van der Waals surface area (Å²) in [4.78, 5) is 32.2. The predicted molar refractivity (Wildman–Crippen MR) is 248 cm³/mol. The van der Waals surface area contributed by atoms with Gasteiger partial charge >= 0.3 is 0 Å². The topological polar surface area (TPSA) is 150 Å². The number of anilines is 3. The molecule has 3 N–H and O–H groups in total. The monoisotopic (exact) mass is 866 g/mol. The fraction of sp³-hybridized carbons (Fsp3) is 0.396. The highest BCUT2D eigenvalue weighted by atomic mass is 32.2. The van der Waals surface area contributed by atoms with E-state index in [0.29, 0.717) is 39.3 Å². The number of hydrogen-bond donors (Lipinski definition) is 2. The second kappa shape index (κ2) is 22.1. The number of sulfone groups is 1. The van der Waals surface area contributed by atoms with Crippen LogP contribution in [0.2, 0.25) is 19.1 Å². The molecule has 0 bridgehead atoms. The maximum absolute atomic E-state index is 14.2. The number of nitrogens with one attached hydrogen (secondary N) is 1. The maximum Gasteiger partial charge on any atom is 0.258 e. The molecule has 326 valence electrons. The summed E-state index contributed by atoms with van der Waals surface area (Å²) in [5.41, 5.74) is 9.92. The molecule has 5 aromatic rings. The lowest BCUT2D eigenvalue weighted by Crippen LogP contribution is -2.30. The van der Waals surface area contributed by atoms with Crippen LogP contribution < -0.4 is 20.7 Å². The number of nitrogens with zero attached hydrogens (tertiary/aromatic N) is 2. The molecule has 1 heterocycles. The summed E-state index contributed by atoms with van der Waals surface area (Å²) in [5, 5.41) is 3.62. The van der Waals surface area contributed by atoms with Crippen molar-refractivity contribution in [2.24, 2.45) is 5.73 Å². The van der Waals surface area contributed by atoms with Gasteiger partial charge in [0.15, 0.2) is 8.32 Å². The molecule has 61 heavy (non-hydrogen) atoms. The number of carbonyl (C=O) groups is 2. The van der Waals surface area contributed by atoms with E-state index >= 15 is 0 Å². The van der Waals surface area contributed by atoms with Crippen molar-refractivity contribution in [2.75, 3.05) is 44.2 Å². The molecule has 13 heteroatoms. The molecule has 0 atom stereocenters. The minimum absolute atomic E-state index is 0.0231. The number of fused-ring (bicyclic) bond motifs is 1. The van der Waals surface area contributed by atoms with Crippen molar-refractivity contribution < 1.29 is 31.9 Å². The average Bonchev–Trinajstić information content (AvgIpc) is 3.25. The summed E-state index contributed by atoms with van der Waals surface area (Å²) in [5.74, 6) is -0.489. The Hall–Kier alpha value is -5.08. The zero-order chi connectivity index (χ0) is 44.0. The van der Waals surface area contributed by atoms with E-state index in [0.717, 1.165) is 51.9 Å². The third-order valence-electron chi connectivity index (χ3n) is 10.9. The van der Waals surface area contributed by atoms with Gasteiger partial charge in [-0.05, 0) is 124 Å². The van der Waals surface area contributed by atoms with Gasteiger partial charge in [0, 0.05) is 61.5 Å². The van der Waals surface area contributed by atoms with Gasteiger partial charge in [0.25, 0.3) is 11.8 Å². The Morgan fingerprint density at radius 1 is 0.836 bits per heavy atom. The van der Waals surface area contributed by atoms with Crippen LogP contribution in [-0.2, 0) is 25.4 Å². The summed E-state index contributed by atoms with van der Waals surface area (Å²) in [6.45, 7) is 11.1. The molecule has 2 amide bonds. The molecule has 0 aliphatic carbocycles. The van der Waals surface area contributed by atoms with Crippen LogP contribution in [-0.4, -0.2) is 67.5 Å². The summed E-state index contributed by atoms with van der Waals surface area (Å²) in [6, 6.07) is 25.3. The van der Waals surface area contributed by atoms with Crippen LogP contribution in [0.25, 0.3) is 10.9 Å². The van der Waals surface area contributed by atoms with Crippen LogP contribution in [0.5, 0.6) is 5.75 Å². The number of carbonyl (C=O) groups excluding carboxylic acids is 2. The number of hydrogen-bond acceptors (Lipinski definition) is 9. The van der Waals surface area contributed by atoms with E-state index in [1.807, 2.05) is 24.3 Å². The Bertz CT molecular complexity index is 2370. The largest absolute Gasteiger partial charge is 0.497 e. The summed E-state index contributed by atoms with van der Waals surface area (Å²) in [6.07, 6.45) is 11.3. The fourth-order valence-electron chi connectivity index (χ4n) is 7.22. The quantitative estimate of drug-likeness (QED) is 0.0456. The number of aryl methyl sites for hydroxylation is 2. The molecule has 0 radical (unpaired) electrons. The highest BCUT2D eigenvalue weighted by molar-refractivity contribution is 7.91. The lowest BCUT2D eigenvalue weighted by atomic mass is 10.1. The van der Waals surface area contributed by atoms with Gasteiger partial charge < -0.3 is 29.9 Å². The van der Waals surface area contributed by atoms with Crippen LogP contribution in [0.4, 0.5) is 17.1 Å². The number of amides is 2. The SMILES string of the molecule is CCCC[Si](C)(C)OCCCCCCOCCCCc1ccc(N(C)C(=O)c2cccc(S(=O)(=O)c3cc(C)c4ncc(C(N)=O)c(Nc5cccc(OC)c5)c4c3)c2)cc1. The van der Waals surface area contributed by atoms with Crippen LogP contribution in [0.1, 0.15) is 90.1 Å². The molecule has 0 unspecified atom stereocenters. The number of aromatic nitrogens is 1. The number of rotatable bonds is 24. The molecule has 0 spiro atoms. The minimum Gasteiger partial charge on any atom is -0.497 e. The van der Waals surface area contributed by atoms with Crippen molar-refractivity contribution in [3.63, 3.8) is 0 Å². The van der Waals surface area contributed by atoms with E-state index in [4.69, 9.17) is 19.6 Å². The predicted octanol–water partition coefficient (Wildman–Crippen LogP) is 10.4. The number of ether oxygens (including phenoxy) is 2. The van der Waals surface area contributed by atoms with Gasteiger partial charge in [0.05, 0.1) is 33.7 Å². The van der Waals surface area contributed by atoms with Crippen LogP contribution in [0.3, 0.4) is 0 Å². The van der Waals surface area contributed by atoms with Crippen molar-refractivity contribution in [3.8, 4) is 5.75 Å². The normalized spacial score (nSPS) is 11.8. The molecule has 11 nitrogen and oxygen atoms in total. The van der Waals surface area contributed by atoms with Crippen LogP contribution >= 0.6 is 0 Å². The smallest absolute Gasteiger partial charge is 0.258 e. The lowest BCUT2D eigenvalue weighted by Gasteiger charge is -2.22. The first kappa shape index (κ1) is 47.0. The van der Waals surface area contributed by atoms with Crippen molar-refractivity contribution in [3.05, 3.63) is 113 Å². The first-order chi connectivity index (χ1) is 29.2. The minimum atomic E-state index is -4.14. The second-order valence-electron chi connectivity index (χ2n) is 16.2. The molecular weight excluding hydrogens is 805 g/mol. The Morgan fingerprint density at radius 2 is 1.54 bits per heavy atom. The van der Waals surface area contributed by atoms with Crippen molar-refractivity contribution in [1.82, 2.24) is 4.98 Å². The van der Waals surface area contributed by atoms with Gasteiger partial charge in [0.1, 0.15) is 5.75 Å². The number of methoxy groups -OCH3 is 1. The molecule has 0 saturated carbocycles. The zero-order valence-electron chi connectivity index (χ0n) is 36.6. The fourth-order valence-corrected chi connectivity index (χ4v) is 10.7. The highest BCUT2D eigenvalue weighted by Gasteiger charge is 2.25. The molecule has 0 saturated heterocycles. The van der Waals surface area contributed by atoms with E-state index < -0.39 is 24.1 Å². The first-order valence-corrected chi connectivity index (χ1v) is 25.9. The third-order valence-corrected chi connectivity index (χ3v) is 15.2. The van der Waals surface area contributed by atoms with Gasteiger partial charge in [-0.3, -0.25) is 14.6 Å². The maximum atomic E-state index is 14.2. The highest BCUT2D eigenvalue weighted by Crippen LogP contribution is 2.35. The van der Waals surface area contributed by atoms with E-state index in [2.05, 4.69) is 30.3 Å². The van der Waals surface area contributed by atoms with Gasteiger partial charge in [-0.1, -0.05) is 56.9 Å². The van der Waals surface area contributed by atoms with E-state index in [1.165, 1.54) is 72.7 Å². The summed E-state index contributed by atoms with van der Waals surface area (Å²) >= 11 is 0. The number of pyridine rings is 1. The van der Waals surface area contributed by atoms with Gasteiger partial charge in [-0.2, -0.15) is 0 Å². The average molecular weight is 867 g/mol. The first-order valence-electron chi connectivity index (χ1n) is 21.3. The van der Waals surface area contributed by atoms with Gasteiger partial charge in [-0.15, -0.1) is 0 Å². The second-order valence-corrected chi connectivity index (χ2v) is 22.4. The van der Waals surface area contributed by atoms with E-state index in [9.17, 15) is 18.0 Å². The Morgan fingerprint density at radius 3 is 2.25 bits per heavy atom. The molecule has 0 aliphatic rings. The van der Waals surface area contributed by atoms with Crippen molar-refractivity contribution in [1.29, 1.82) is 0 Å². The summed E-state index contributed by atoms with van der Waals surface area (Å²) in [7, 11) is -2.40. The van der Waals surface area contributed by atoms with Crippen LogP contribution in [0, 0.1) is 6.92 Å². The molecular formula is C48H62N4O7SSi. The Labute approximate surface area is 363 Å². The number of unbranched alkanes of at least 4 members (excludes halogenated alkanes) is 5. The molecule has 1 aromatic heterocycles. The Kier molecular flexibility index (Phi) is 17.0. The lowest BCUT2D eigenvalue weighted by molar-refractivity contribution is 0.0987. The van der Waals surface area contributed by atoms with Gasteiger partial charge in [-0.25, -0.2) is 8.42 Å². The van der Waals surface area contributed by atoms with Crippen LogP contribution in [0.15, 0.2) is 101 Å². The molecule has 5 rings (SSSR count). The van der Waals surface area contributed by atoms with Crippen molar-refractivity contribution >= 4 is 57.9 Å². The Balaban J connectivity index is 1.16. The number of nitrogens with two attached hydrogens (primary N) is 1. The molecule has 0 aliphatic heterocycles. The molecule has 4 aromatic carbocycles. The van der Waals surface area contributed by atoms with E-state index in [1.54, 1.807) is 57.5 Å². The van der Waals surface area contributed by atoms with E-state index in [-0.39, 0.29) is 26.8 Å². The third kappa shape index (κ3) is 13.0.